The van der Waals surface area contributed by atoms with Gasteiger partial charge in [0.2, 0.25) is 0 Å². The van der Waals surface area contributed by atoms with Crippen LogP contribution in [0.1, 0.15) is 189 Å². The minimum absolute atomic E-state index is 0.636. The molecular formula is C129H102N10. The van der Waals surface area contributed by atoms with Gasteiger partial charge < -0.3 is 0 Å². The van der Waals surface area contributed by atoms with Gasteiger partial charge in [-0.2, -0.15) is 0 Å². The molecule has 10 heteroatoms. The van der Waals surface area contributed by atoms with E-state index < -0.39 is 0 Å². The molecule has 4 saturated carbocycles. The maximum Gasteiger partial charge on any atom is 0.159 e. The molecule has 4 fully saturated rings. The molecule has 21 aromatic rings. The van der Waals surface area contributed by atoms with Gasteiger partial charge in [-0.1, -0.05) is 201 Å². The smallest absolute Gasteiger partial charge is 0.159 e. The van der Waals surface area contributed by atoms with Crippen LogP contribution in [0.25, 0.3) is 201 Å². The van der Waals surface area contributed by atoms with Crippen LogP contribution in [0.4, 0.5) is 0 Å². The zero-order chi connectivity index (χ0) is 91.0. The van der Waals surface area contributed by atoms with E-state index >= 15 is 0 Å². The molecule has 2 unspecified atom stereocenters. The number of imidazole rings is 4. The number of aromatic nitrogens is 10. The van der Waals surface area contributed by atoms with Gasteiger partial charge in [-0.15, -0.1) is 0 Å². The standard InChI is InChI=1S/C129H102N10/c1-5-18-107(103(14-1)79-40-48-99(49-41-79)136-74-132-120-67-113-91-13-9-12-78(58-91)59-92(113)66-124(120)136)93-60-94(108-19-6-2-15-104(108)80-42-50-100(51-43-80)137-75-133-121-68-114-83-24-30-86(31-25-83)117(114)71-125(121)137)63-97(62-93)111-22-10-23-112(128(111)89-36-38-90(39-37-89)129-130-56-11-57-131-129)98-64-95(109-20-7-3-16-105(109)81-44-52-101(53-45-81)138-76-134-122-69-115-84-26-32-87(33-27-84)118(115)72-126(122)138)61-96(65-98)110-21-8-4-17-106(110)82-46-54-102(55-47-82)139-77-135-123-70-116-85-28-34-88(35-29-85)119(116)73-127(123)139/h1-8,10-11,14-23,36-57,60-78,83-88,91H,9,12-13,24-35,58-59H2. The Morgan fingerprint density at radius 1 is 0.201 bits per heavy atom. The summed E-state index contributed by atoms with van der Waals surface area (Å²) in [5.74, 6) is 5.97. The van der Waals surface area contributed by atoms with Crippen LogP contribution in [-0.2, 0) is 6.42 Å². The Kier molecular flexibility index (Phi) is 18.9. The number of benzene rings is 16. The lowest BCUT2D eigenvalue weighted by molar-refractivity contribution is 0.299. The van der Waals surface area contributed by atoms with Crippen LogP contribution in [-0.4, -0.2) is 48.2 Å². The second-order valence-electron chi connectivity index (χ2n) is 41.3. The molecule has 10 nitrogen and oxygen atoms in total. The van der Waals surface area contributed by atoms with Crippen molar-refractivity contribution in [2.45, 2.75) is 151 Å². The average molecular weight is 1790 g/mol. The van der Waals surface area contributed by atoms with E-state index in [9.17, 15) is 0 Å². The monoisotopic (exact) mass is 1790 g/mol. The van der Waals surface area contributed by atoms with E-state index in [1.165, 1.54) is 153 Å². The van der Waals surface area contributed by atoms with Crippen molar-refractivity contribution in [3.63, 3.8) is 0 Å². The fourth-order valence-corrected chi connectivity index (χ4v) is 27.0. The first kappa shape index (κ1) is 80.7. The Labute approximate surface area is 809 Å². The fraction of sp³-hybridized carbons (Fsp3) is 0.194. The minimum atomic E-state index is 0.636. The maximum absolute atomic E-state index is 5.10. The van der Waals surface area contributed by atoms with Crippen LogP contribution in [0.15, 0.2) is 365 Å². The van der Waals surface area contributed by atoms with E-state index in [1.807, 2.05) is 43.8 Å². The van der Waals surface area contributed by atoms with Gasteiger partial charge in [0.05, 0.1) is 44.1 Å². The molecule has 139 heavy (non-hydrogen) atoms. The quantitative estimate of drug-likeness (QED) is 0.0956. The van der Waals surface area contributed by atoms with Gasteiger partial charge in [0, 0.05) is 40.7 Å². The lowest BCUT2D eigenvalue weighted by Crippen LogP contribution is -2.23. The van der Waals surface area contributed by atoms with Crippen LogP contribution in [0.3, 0.4) is 0 Å². The average Bonchev–Trinajstić information content (AvgIpc) is 1.61. The minimum Gasteiger partial charge on any atom is -0.299 e. The number of hydrogen-bond donors (Lipinski definition) is 0. The Morgan fingerprint density at radius 2 is 0.475 bits per heavy atom. The van der Waals surface area contributed by atoms with Gasteiger partial charge in [-0.25, -0.2) is 29.9 Å². The highest BCUT2D eigenvalue weighted by Gasteiger charge is 2.38. The predicted octanol–water partition coefficient (Wildman–Crippen LogP) is 32.9. The zero-order valence-electron chi connectivity index (χ0n) is 77.8. The Bertz CT molecular complexity index is 7990. The molecule has 0 spiro atoms. The number of fused-ring (bicyclic) bond motifs is 14. The Morgan fingerprint density at radius 3 is 0.806 bits per heavy atom. The summed E-state index contributed by atoms with van der Waals surface area (Å²) in [7, 11) is 0. The van der Waals surface area contributed by atoms with Gasteiger partial charge in [-0.05, 0) is 450 Å². The van der Waals surface area contributed by atoms with Crippen molar-refractivity contribution in [2.75, 3.05) is 0 Å². The summed E-state index contributed by atoms with van der Waals surface area (Å²) in [6.45, 7) is 0. The molecule has 0 radical (unpaired) electrons. The highest BCUT2D eigenvalue weighted by Crippen LogP contribution is 2.56. The third-order valence-corrected chi connectivity index (χ3v) is 33.9. The van der Waals surface area contributed by atoms with Gasteiger partial charge in [0.1, 0.15) is 25.3 Å². The molecule has 32 rings (SSSR count). The van der Waals surface area contributed by atoms with E-state index in [1.54, 1.807) is 16.7 Å². The van der Waals surface area contributed by atoms with E-state index in [-0.39, 0.29) is 0 Å². The van der Waals surface area contributed by atoms with Crippen LogP contribution in [0, 0.1) is 5.92 Å². The van der Waals surface area contributed by atoms with Gasteiger partial charge in [0.15, 0.2) is 5.82 Å². The Balaban J connectivity index is 0.602. The van der Waals surface area contributed by atoms with Crippen molar-refractivity contribution < 1.29 is 0 Å². The van der Waals surface area contributed by atoms with Crippen molar-refractivity contribution >= 4 is 44.1 Å². The molecule has 5 aromatic heterocycles. The molecule has 668 valence electrons. The molecule has 16 aromatic carbocycles. The third-order valence-electron chi connectivity index (χ3n) is 33.9. The van der Waals surface area contributed by atoms with Crippen molar-refractivity contribution in [1.82, 2.24) is 48.2 Å². The molecule has 11 aliphatic carbocycles. The molecule has 0 N–H and O–H groups in total. The van der Waals surface area contributed by atoms with Gasteiger partial charge in [0.25, 0.3) is 0 Å². The van der Waals surface area contributed by atoms with Crippen molar-refractivity contribution in [1.29, 1.82) is 0 Å². The predicted molar refractivity (Wildman–Crippen MR) is 566 cm³/mol. The summed E-state index contributed by atoms with van der Waals surface area (Å²) in [5, 5.41) is 0. The second kappa shape index (κ2) is 32.6. The van der Waals surface area contributed by atoms with E-state index in [0.29, 0.717) is 47.2 Å². The number of nitrogens with zero attached hydrogens (tertiary/aromatic N) is 10. The number of rotatable bonds is 16. The fourth-order valence-electron chi connectivity index (χ4n) is 27.0. The highest BCUT2D eigenvalue weighted by atomic mass is 15.1. The lowest BCUT2D eigenvalue weighted by atomic mass is 9.67. The van der Waals surface area contributed by atoms with Crippen LogP contribution >= 0.6 is 0 Å². The van der Waals surface area contributed by atoms with Crippen LogP contribution < -0.4 is 0 Å². The summed E-state index contributed by atoms with van der Waals surface area (Å²) in [4.78, 5) is 30.0. The zero-order valence-corrected chi connectivity index (χ0v) is 77.8. The normalized spacial score (nSPS) is 19.2. The topological polar surface area (TPSA) is 97.1 Å². The first-order chi connectivity index (χ1) is 68.8. The van der Waals surface area contributed by atoms with E-state index in [0.717, 1.165) is 185 Å². The molecule has 0 saturated heterocycles. The SMILES string of the molecule is c1cnc(-c2ccc(-c3c(-c4cc(-c5ccccc5-c5ccc(-n6cnc7cc8c(cc76)CC6CCCC8C6)cc5)cc(-c5ccccc5-c5ccc(-n6cnc7cc8c(cc76)C6CCC8CC6)cc5)c4)cccc3-c3cc(-c4ccccc4-c4ccc(-n5cnc6cc7c(cc65)C5CCC7CC5)cc4)cc(-c4ccccc4-c4ccc(-n5cnc6cc7c(cc65)C5CCC7CC5)cc4)c3)cc2)nc1. The third kappa shape index (κ3) is 13.7. The summed E-state index contributed by atoms with van der Waals surface area (Å²) in [6.07, 6.45) is 33.7. The first-order valence-corrected chi connectivity index (χ1v) is 50.9. The highest BCUT2D eigenvalue weighted by molar-refractivity contribution is 6.02. The van der Waals surface area contributed by atoms with Crippen molar-refractivity contribution in [3.8, 4) is 157 Å². The molecule has 2 atom stereocenters. The van der Waals surface area contributed by atoms with E-state index in [2.05, 4.69) is 340 Å². The van der Waals surface area contributed by atoms with Crippen LogP contribution in [0.5, 0.6) is 0 Å². The largest absolute Gasteiger partial charge is 0.299 e. The lowest BCUT2D eigenvalue weighted by Gasteiger charge is -2.38. The van der Waals surface area contributed by atoms with Crippen LogP contribution in [0.2, 0.25) is 0 Å². The molecule has 5 heterocycles. The molecule has 8 bridgehead atoms. The summed E-state index contributed by atoms with van der Waals surface area (Å²) in [5.41, 5.74) is 51.3. The molecule has 0 amide bonds. The van der Waals surface area contributed by atoms with Gasteiger partial charge >= 0.3 is 0 Å². The number of hydrogen-bond acceptors (Lipinski definition) is 6. The Hall–Kier alpha value is -15.5. The van der Waals surface area contributed by atoms with Gasteiger partial charge in [-0.3, -0.25) is 18.3 Å². The molecular weight excluding hydrogens is 1690 g/mol. The van der Waals surface area contributed by atoms with Crippen molar-refractivity contribution in [3.05, 3.63) is 410 Å². The summed E-state index contributed by atoms with van der Waals surface area (Å²) >= 11 is 0. The maximum atomic E-state index is 5.10. The second-order valence-corrected chi connectivity index (χ2v) is 41.3. The molecule has 0 aliphatic heterocycles. The van der Waals surface area contributed by atoms with E-state index in [4.69, 9.17) is 29.9 Å². The molecule has 11 aliphatic rings. The summed E-state index contributed by atoms with van der Waals surface area (Å²) in [6, 6.07) is 125. The van der Waals surface area contributed by atoms with Crippen molar-refractivity contribution in [2.24, 2.45) is 5.92 Å². The first-order valence-electron chi connectivity index (χ1n) is 50.9. The summed E-state index contributed by atoms with van der Waals surface area (Å²) < 4.78 is 9.22.